The first kappa shape index (κ1) is 18.5. The van der Waals surface area contributed by atoms with Crippen LogP contribution in [0.15, 0.2) is 97.6 Å². The number of benzene rings is 3. The maximum absolute atomic E-state index is 12.4. The Morgan fingerprint density at radius 3 is 2.24 bits per heavy atom. The monoisotopic (exact) mass is 383 g/mol. The molecule has 0 radical (unpaired) electrons. The molecule has 0 unspecified atom stereocenters. The van der Waals surface area contributed by atoms with E-state index in [1.165, 1.54) is 5.56 Å². The summed E-state index contributed by atoms with van der Waals surface area (Å²) in [6, 6.07) is 24.9. The molecule has 0 spiro atoms. The van der Waals surface area contributed by atoms with Crippen molar-refractivity contribution in [2.75, 3.05) is 0 Å². The molecular weight excluding hydrogens is 362 g/mol. The summed E-state index contributed by atoms with van der Waals surface area (Å²) in [4.78, 5) is 16.5. The Morgan fingerprint density at radius 1 is 0.862 bits per heavy atom. The van der Waals surface area contributed by atoms with E-state index in [-0.39, 0.29) is 5.91 Å². The third-order valence-corrected chi connectivity index (χ3v) is 4.50. The summed E-state index contributed by atoms with van der Waals surface area (Å²) in [5.41, 5.74) is 2.84. The number of nitrogens with one attached hydrogen (secondary N) is 1. The van der Waals surface area contributed by atoms with Crippen molar-refractivity contribution in [3.63, 3.8) is 0 Å². The summed E-state index contributed by atoms with van der Waals surface area (Å²) < 4.78 is 7.77. The second-order valence-electron chi connectivity index (χ2n) is 6.67. The predicted octanol–water partition coefficient (Wildman–Crippen LogP) is 4.65. The molecule has 0 aliphatic rings. The van der Waals surface area contributed by atoms with Gasteiger partial charge in [-0.3, -0.25) is 4.79 Å². The van der Waals surface area contributed by atoms with Gasteiger partial charge in [-0.25, -0.2) is 4.98 Å². The van der Waals surface area contributed by atoms with E-state index in [1.807, 2.05) is 53.2 Å². The van der Waals surface area contributed by atoms with Crippen LogP contribution in [0.4, 0.5) is 0 Å². The molecule has 0 saturated carbocycles. The van der Waals surface area contributed by atoms with Crippen LogP contribution < -0.4 is 10.1 Å². The number of carbonyl (C=O) groups is 1. The molecule has 0 bridgehead atoms. The van der Waals surface area contributed by atoms with Crippen LogP contribution in [-0.4, -0.2) is 15.5 Å². The lowest BCUT2D eigenvalue weighted by atomic mass is 10.1. The molecule has 1 amide bonds. The number of carbonyl (C=O) groups excluding carboxylic acids is 1. The molecule has 0 saturated heterocycles. The summed E-state index contributed by atoms with van der Waals surface area (Å²) >= 11 is 0. The van der Waals surface area contributed by atoms with Gasteiger partial charge in [-0.1, -0.05) is 42.5 Å². The average Bonchev–Trinajstić information content (AvgIpc) is 3.27. The minimum atomic E-state index is -0.112. The van der Waals surface area contributed by atoms with Gasteiger partial charge in [0.2, 0.25) is 0 Å². The van der Waals surface area contributed by atoms with Crippen molar-refractivity contribution in [1.29, 1.82) is 0 Å². The molecule has 0 aliphatic carbocycles. The van der Waals surface area contributed by atoms with Gasteiger partial charge in [0.05, 0.1) is 6.33 Å². The van der Waals surface area contributed by atoms with Gasteiger partial charge in [-0.15, -0.1) is 0 Å². The van der Waals surface area contributed by atoms with Gasteiger partial charge < -0.3 is 14.6 Å². The fourth-order valence-electron chi connectivity index (χ4n) is 2.94. The zero-order valence-corrected chi connectivity index (χ0v) is 15.9. The summed E-state index contributed by atoms with van der Waals surface area (Å²) in [5.74, 6) is 1.35. The fourth-order valence-corrected chi connectivity index (χ4v) is 2.94. The molecule has 5 nitrogen and oxygen atoms in total. The zero-order chi connectivity index (χ0) is 19.9. The predicted molar refractivity (Wildman–Crippen MR) is 112 cm³/mol. The van der Waals surface area contributed by atoms with Crippen LogP contribution in [-0.2, 0) is 13.1 Å². The number of ether oxygens (including phenoxy) is 1. The third kappa shape index (κ3) is 5.11. The highest BCUT2D eigenvalue weighted by Crippen LogP contribution is 2.21. The Labute approximate surface area is 169 Å². The summed E-state index contributed by atoms with van der Waals surface area (Å²) in [6.45, 7) is 1.26. The second-order valence-corrected chi connectivity index (χ2v) is 6.67. The third-order valence-electron chi connectivity index (χ3n) is 4.50. The molecule has 5 heteroatoms. The molecule has 3 aromatic carbocycles. The fraction of sp³-hybridized carbons (Fsp3) is 0.0833. The van der Waals surface area contributed by atoms with E-state index in [2.05, 4.69) is 22.4 Å². The molecule has 1 aromatic heterocycles. The summed E-state index contributed by atoms with van der Waals surface area (Å²) in [5, 5.41) is 2.95. The normalized spacial score (nSPS) is 10.5. The van der Waals surface area contributed by atoms with Crippen molar-refractivity contribution in [1.82, 2.24) is 14.9 Å². The van der Waals surface area contributed by atoms with Crippen LogP contribution in [0.1, 0.15) is 21.5 Å². The molecule has 0 fully saturated rings. The topological polar surface area (TPSA) is 56.2 Å². The first-order valence-corrected chi connectivity index (χ1v) is 9.41. The van der Waals surface area contributed by atoms with Crippen LogP contribution in [0.2, 0.25) is 0 Å². The standard InChI is InChI=1S/C24H21N3O2/c28-24(21-10-12-23(13-11-21)29-22-4-2-1-3-5-22)26-16-19-6-8-20(9-7-19)17-27-15-14-25-18-27/h1-15,18H,16-17H2,(H,26,28). The minimum Gasteiger partial charge on any atom is -0.457 e. The minimum absolute atomic E-state index is 0.112. The van der Waals surface area contributed by atoms with Gasteiger partial charge >= 0.3 is 0 Å². The van der Waals surface area contributed by atoms with Crippen molar-refractivity contribution in [3.8, 4) is 11.5 Å². The molecular formula is C24H21N3O2. The van der Waals surface area contributed by atoms with Crippen molar-refractivity contribution in [3.05, 3.63) is 114 Å². The SMILES string of the molecule is O=C(NCc1ccc(Cn2ccnc2)cc1)c1ccc(Oc2ccccc2)cc1. The van der Waals surface area contributed by atoms with Crippen LogP contribution >= 0.6 is 0 Å². The van der Waals surface area contributed by atoms with Crippen molar-refractivity contribution >= 4 is 5.91 Å². The number of hydrogen-bond acceptors (Lipinski definition) is 3. The van der Waals surface area contributed by atoms with E-state index in [4.69, 9.17) is 4.74 Å². The van der Waals surface area contributed by atoms with Gasteiger partial charge in [0.25, 0.3) is 5.91 Å². The molecule has 0 atom stereocenters. The lowest BCUT2D eigenvalue weighted by Gasteiger charge is -2.09. The summed E-state index contributed by atoms with van der Waals surface area (Å²) in [7, 11) is 0. The Morgan fingerprint density at radius 2 is 1.55 bits per heavy atom. The van der Waals surface area contributed by atoms with Gasteiger partial charge in [0.1, 0.15) is 11.5 Å². The molecule has 0 aliphatic heterocycles. The number of imidazole rings is 1. The Balaban J connectivity index is 1.30. The first-order chi connectivity index (χ1) is 14.3. The highest BCUT2D eigenvalue weighted by molar-refractivity contribution is 5.94. The number of nitrogens with zero attached hydrogens (tertiary/aromatic N) is 2. The molecule has 29 heavy (non-hydrogen) atoms. The first-order valence-electron chi connectivity index (χ1n) is 9.41. The van der Waals surface area contributed by atoms with Crippen molar-refractivity contribution in [2.45, 2.75) is 13.1 Å². The maximum atomic E-state index is 12.4. The van der Waals surface area contributed by atoms with E-state index in [0.29, 0.717) is 17.9 Å². The highest BCUT2D eigenvalue weighted by atomic mass is 16.5. The van der Waals surface area contributed by atoms with Crippen LogP contribution in [0, 0.1) is 0 Å². The molecule has 144 valence electrons. The lowest BCUT2D eigenvalue weighted by Crippen LogP contribution is -2.22. The van der Waals surface area contributed by atoms with E-state index < -0.39 is 0 Å². The second kappa shape index (κ2) is 8.89. The quantitative estimate of drug-likeness (QED) is 0.505. The Kier molecular flexibility index (Phi) is 5.67. The Bertz CT molecular complexity index is 1040. The number of para-hydroxylation sites is 1. The van der Waals surface area contributed by atoms with Gasteiger partial charge in [0.15, 0.2) is 0 Å². The van der Waals surface area contributed by atoms with Gasteiger partial charge in [-0.05, 0) is 47.5 Å². The smallest absolute Gasteiger partial charge is 0.251 e. The lowest BCUT2D eigenvalue weighted by molar-refractivity contribution is 0.0951. The molecule has 4 aromatic rings. The Hall–Kier alpha value is -3.86. The van der Waals surface area contributed by atoms with Gasteiger partial charge in [0, 0.05) is 31.0 Å². The summed E-state index contributed by atoms with van der Waals surface area (Å²) in [6.07, 6.45) is 5.50. The largest absolute Gasteiger partial charge is 0.457 e. The van der Waals surface area contributed by atoms with Crippen molar-refractivity contribution < 1.29 is 9.53 Å². The average molecular weight is 383 g/mol. The maximum Gasteiger partial charge on any atom is 0.251 e. The van der Waals surface area contributed by atoms with Crippen LogP contribution in [0.5, 0.6) is 11.5 Å². The zero-order valence-electron chi connectivity index (χ0n) is 15.9. The molecule has 1 N–H and O–H groups in total. The van der Waals surface area contributed by atoms with E-state index in [0.717, 1.165) is 17.9 Å². The van der Waals surface area contributed by atoms with E-state index >= 15 is 0 Å². The molecule has 1 heterocycles. The molecule has 4 rings (SSSR count). The van der Waals surface area contributed by atoms with Gasteiger partial charge in [-0.2, -0.15) is 0 Å². The van der Waals surface area contributed by atoms with E-state index in [9.17, 15) is 4.79 Å². The van der Waals surface area contributed by atoms with E-state index in [1.54, 1.807) is 36.8 Å². The number of hydrogen-bond donors (Lipinski definition) is 1. The van der Waals surface area contributed by atoms with Crippen molar-refractivity contribution in [2.24, 2.45) is 0 Å². The van der Waals surface area contributed by atoms with Crippen LogP contribution in [0.3, 0.4) is 0 Å². The number of amides is 1. The highest BCUT2D eigenvalue weighted by Gasteiger charge is 2.06. The number of rotatable bonds is 7. The van der Waals surface area contributed by atoms with Crippen LogP contribution in [0.25, 0.3) is 0 Å². The number of aromatic nitrogens is 2.